The van der Waals surface area contributed by atoms with Crippen LogP contribution in [0.1, 0.15) is 0 Å². The molecule has 0 N–H and O–H groups in total. The second kappa shape index (κ2) is 4.63. The quantitative estimate of drug-likeness (QED) is 0.565. The SMILES string of the molecule is COCC(CS(=O)(=O)F)OC. The van der Waals surface area contributed by atoms with Gasteiger partial charge in [0.2, 0.25) is 0 Å². The van der Waals surface area contributed by atoms with Gasteiger partial charge in [-0.1, -0.05) is 0 Å². The third-order valence-electron chi connectivity index (χ3n) is 1.07. The lowest BCUT2D eigenvalue weighted by molar-refractivity contribution is 0.0416. The Labute approximate surface area is 65.5 Å². The summed E-state index contributed by atoms with van der Waals surface area (Å²) in [7, 11) is -1.78. The lowest BCUT2D eigenvalue weighted by Gasteiger charge is -2.10. The summed E-state index contributed by atoms with van der Waals surface area (Å²) < 4.78 is 41.3. The fourth-order valence-electron chi connectivity index (χ4n) is 0.592. The monoisotopic (exact) mass is 186 g/mol. The first kappa shape index (κ1) is 10.8. The Bertz CT molecular complexity index is 189. The highest BCUT2D eigenvalue weighted by Crippen LogP contribution is 1.99. The van der Waals surface area contributed by atoms with Gasteiger partial charge in [0.05, 0.1) is 12.7 Å². The summed E-state index contributed by atoms with van der Waals surface area (Å²) in [5.41, 5.74) is 0. The zero-order chi connectivity index (χ0) is 8.91. The zero-order valence-corrected chi connectivity index (χ0v) is 7.23. The molecule has 0 rings (SSSR count). The van der Waals surface area contributed by atoms with Gasteiger partial charge in [0.15, 0.2) is 0 Å². The van der Waals surface area contributed by atoms with E-state index in [1.165, 1.54) is 14.2 Å². The maximum Gasteiger partial charge on any atom is 0.305 e. The Morgan fingerprint density at radius 2 is 2.00 bits per heavy atom. The van der Waals surface area contributed by atoms with Crippen molar-refractivity contribution in [3.8, 4) is 0 Å². The van der Waals surface area contributed by atoms with Gasteiger partial charge in [0.25, 0.3) is 0 Å². The summed E-state index contributed by atoms with van der Waals surface area (Å²) in [5.74, 6) is -0.655. The van der Waals surface area contributed by atoms with Crippen LogP contribution in [0.2, 0.25) is 0 Å². The molecule has 4 nitrogen and oxygen atoms in total. The highest BCUT2D eigenvalue weighted by Gasteiger charge is 2.17. The average molecular weight is 186 g/mol. The summed E-state index contributed by atoms with van der Waals surface area (Å²) in [6.07, 6.45) is -0.727. The third kappa shape index (κ3) is 6.21. The van der Waals surface area contributed by atoms with Gasteiger partial charge >= 0.3 is 10.2 Å². The van der Waals surface area contributed by atoms with Crippen LogP contribution in [0, 0.1) is 0 Å². The molecule has 0 aromatic rings. The van der Waals surface area contributed by atoms with Crippen molar-refractivity contribution >= 4 is 10.2 Å². The van der Waals surface area contributed by atoms with Gasteiger partial charge in [0, 0.05) is 14.2 Å². The Morgan fingerprint density at radius 3 is 2.27 bits per heavy atom. The van der Waals surface area contributed by atoms with Crippen LogP contribution in [0.4, 0.5) is 3.89 Å². The molecule has 0 radical (unpaired) electrons. The molecule has 0 bridgehead atoms. The molecule has 0 aliphatic carbocycles. The summed E-state index contributed by atoms with van der Waals surface area (Å²) in [5, 5.41) is 0. The minimum absolute atomic E-state index is 0.0691. The molecular formula is C5H11FO4S. The standard InChI is InChI=1S/C5H11FO4S/c1-9-3-5(10-2)4-11(6,7)8/h5H,3-4H2,1-2H3. The van der Waals surface area contributed by atoms with Crippen molar-refractivity contribution in [1.82, 2.24) is 0 Å². The van der Waals surface area contributed by atoms with E-state index in [0.717, 1.165) is 0 Å². The van der Waals surface area contributed by atoms with Crippen LogP contribution in [0.15, 0.2) is 0 Å². The molecule has 0 aliphatic heterocycles. The summed E-state index contributed by atoms with van der Waals surface area (Å²) in [6, 6.07) is 0. The van der Waals surface area contributed by atoms with E-state index in [2.05, 4.69) is 9.47 Å². The van der Waals surface area contributed by atoms with Crippen LogP contribution in [0.5, 0.6) is 0 Å². The highest BCUT2D eigenvalue weighted by atomic mass is 32.3. The number of ether oxygens (including phenoxy) is 2. The Morgan fingerprint density at radius 1 is 1.45 bits per heavy atom. The molecule has 1 atom stereocenters. The summed E-state index contributed by atoms with van der Waals surface area (Å²) in [4.78, 5) is 0. The van der Waals surface area contributed by atoms with Gasteiger partial charge in [-0.05, 0) is 0 Å². The molecule has 6 heteroatoms. The van der Waals surface area contributed by atoms with Crippen molar-refractivity contribution in [3.63, 3.8) is 0 Å². The van der Waals surface area contributed by atoms with E-state index in [-0.39, 0.29) is 6.61 Å². The van der Waals surface area contributed by atoms with Crippen LogP contribution in [0.3, 0.4) is 0 Å². The number of rotatable bonds is 5. The maximum atomic E-state index is 12.0. The maximum absolute atomic E-state index is 12.0. The van der Waals surface area contributed by atoms with Crippen LogP contribution < -0.4 is 0 Å². The van der Waals surface area contributed by atoms with Crippen LogP contribution in [-0.2, 0) is 19.7 Å². The van der Waals surface area contributed by atoms with Crippen molar-refractivity contribution in [1.29, 1.82) is 0 Å². The first-order valence-electron chi connectivity index (χ1n) is 2.93. The van der Waals surface area contributed by atoms with Crippen molar-refractivity contribution in [2.45, 2.75) is 6.10 Å². The van der Waals surface area contributed by atoms with E-state index in [1.54, 1.807) is 0 Å². The topological polar surface area (TPSA) is 52.6 Å². The molecule has 0 heterocycles. The van der Waals surface area contributed by atoms with Crippen molar-refractivity contribution < 1.29 is 21.8 Å². The first-order chi connectivity index (χ1) is 4.99. The van der Waals surface area contributed by atoms with Gasteiger partial charge in [0.1, 0.15) is 5.75 Å². The van der Waals surface area contributed by atoms with Crippen molar-refractivity contribution in [3.05, 3.63) is 0 Å². The lowest BCUT2D eigenvalue weighted by atomic mass is 10.4. The lowest BCUT2D eigenvalue weighted by Crippen LogP contribution is -2.25. The van der Waals surface area contributed by atoms with Crippen LogP contribution in [-0.4, -0.2) is 41.1 Å². The van der Waals surface area contributed by atoms with Gasteiger partial charge in [-0.3, -0.25) is 0 Å². The first-order valence-corrected chi connectivity index (χ1v) is 4.49. The number of hydrogen-bond acceptors (Lipinski definition) is 4. The fraction of sp³-hybridized carbons (Fsp3) is 1.00. The van der Waals surface area contributed by atoms with E-state index in [4.69, 9.17) is 0 Å². The van der Waals surface area contributed by atoms with Gasteiger partial charge in [-0.15, -0.1) is 3.89 Å². The molecule has 0 aromatic carbocycles. The Balaban J connectivity index is 3.88. The molecule has 0 saturated carbocycles. The molecule has 0 aromatic heterocycles. The highest BCUT2D eigenvalue weighted by molar-refractivity contribution is 7.86. The van der Waals surface area contributed by atoms with Crippen LogP contribution in [0.25, 0.3) is 0 Å². The average Bonchev–Trinajstić information content (AvgIpc) is 1.84. The molecule has 0 amide bonds. The molecule has 11 heavy (non-hydrogen) atoms. The van der Waals surface area contributed by atoms with E-state index in [0.29, 0.717) is 0 Å². The van der Waals surface area contributed by atoms with E-state index >= 15 is 0 Å². The van der Waals surface area contributed by atoms with E-state index in [1.807, 2.05) is 0 Å². The second-order valence-corrected chi connectivity index (χ2v) is 3.43. The molecule has 1 unspecified atom stereocenters. The molecule has 68 valence electrons. The Hall–Kier alpha value is -0.200. The molecule has 0 fully saturated rings. The third-order valence-corrected chi connectivity index (χ3v) is 1.84. The molecule has 0 spiro atoms. The van der Waals surface area contributed by atoms with Crippen molar-refractivity contribution in [2.75, 3.05) is 26.6 Å². The van der Waals surface area contributed by atoms with Gasteiger partial charge < -0.3 is 9.47 Å². The minimum Gasteiger partial charge on any atom is -0.382 e. The second-order valence-electron chi connectivity index (χ2n) is 2.02. The van der Waals surface area contributed by atoms with Crippen LogP contribution >= 0.6 is 0 Å². The number of hydrogen-bond donors (Lipinski definition) is 0. The predicted molar refractivity (Wildman–Crippen MR) is 37.6 cm³/mol. The van der Waals surface area contributed by atoms with Gasteiger partial charge in [-0.25, -0.2) is 0 Å². The molecule has 0 aliphatic rings. The normalized spacial score (nSPS) is 14.8. The number of methoxy groups -OCH3 is 2. The Kier molecular flexibility index (Phi) is 4.55. The smallest absolute Gasteiger partial charge is 0.305 e. The minimum atomic E-state index is -4.46. The summed E-state index contributed by atoms with van der Waals surface area (Å²) in [6.45, 7) is 0.0691. The van der Waals surface area contributed by atoms with E-state index in [9.17, 15) is 12.3 Å². The molecular weight excluding hydrogens is 175 g/mol. The summed E-state index contributed by atoms with van der Waals surface area (Å²) >= 11 is 0. The van der Waals surface area contributed by atoms with E-state index < -0.39 is 22.1 Å². The number of halogens is 1. The van der Waals surface area contributed by atoms with Gasteiger partial charge in [-0.2, -0.15) is 8.42 Å². The zero-order valence-electron chi connectivity index (χ0n) is 6.41. The van der Waals surface area contributed by atoms with Crippen molar-refractivity contribution in [2.24, 2.45) is 0 Å². The molecule has 0 saturated heterocycles. The predicted octanol–water partition coefficient (Wildman–Crippen LogP) is -0.0529. The fourth-order valence-corrected chi connectivity index (χ4v) is 1.27. The largest absolute Gasteiger partial charge is 0.382 e.